The van der Waals surface area contributed by atoms with Crippen LogP contribution in [-0.4, -0.2) is 23.7 Å². The van der Waals surface area contributed by atoms with Crippen molar-refractivity contribution >= 4 is 11.9 Å². The van der Waals surface area contributed by atoms with E-state index in [-0.39, 0.29) is 12.4 Å². The summed E-state index contributed by atoms with van der Waals surface area (Å²) in [5.74, 6) is -1.22. The fourth-order valence-corrected chi connectivity index (χ4v) is 0.919. The van der Waals surface area contributed by atoms with Gasteiger partial charge in [-0.05, 0) is 19.8 Å². The number of carboxylic acid groups (broad SMARTS) is 1. The van der Waals surface area contributed by atoms with Crippen molar-refractivity contribution in [3.63, 3.8) is 0 Å². The van der Waals surface area contributed by atoms with Crippen LogP contribution in [0.3, 0.4) is 0 Å². The average Bonchev–Trinajstić information content (AvgIpc) is 2.17. The third-order valence-electron chi connectivity index (χ3n) is 1.86. The van der Waals surface area contributed by atoms with Gasteiger partial charge in [0.05, 0.1) is 6.61 Å². The number of ether oxygens (including phenoxy) is 1. The fraction of sp³-hybridized carbons (Fsp3) is 0.636. The third kappa shape index (κ3) is 7.73. The Morgan fingerprint density at radius 1 is 1.40 bits per heavy atom. The highest BCUT2D eigenvalue weighted by molar-refractivity contribution is 5.87. The molecule has 0 aromatic heterocycles. The van der Waals surface area contributed by atoms with Crippen molar-refractivity contribution in [3.8, 4) is 0 Å². The molecular formula is C11H18O4. The van der Waals surface area contributed by atoms with Crippen LogP contribution in [0.2, 0.25) is 0 Å². The Morgan fingerprint density at radius 3 is 2.60 bits per heavy atom. The topological polar surface area (TPSA) is 63.6 Å². The zero-order valence-electron chi connectivity index (χ0n) is 9.28. The molecule has 1 N–H and O–H groups in total. The standard InChI is InChI=1S/C11H18O4/c1-3-4-8-15-11(14)9(2)6-5-7-10(12)13/h6H,3-5,7-8H2,1-2H3,(H,12,13). The van der Waals surface area contributed by atoms with Crippen molar-refractivity contribution in [2.75, 3.05) is 6.61 Å². The summed E-state index contributed by atoms with van der Waals surface area (Å²) in [6.45, 7) is 4.08. The van der Waals surface area contributed by atoms with Crippen molar-refractivity contribution in [1.82, 2.24) is 0 Å². The number of esters is 1. The van der Waals surface area contributed by atoms with Crippen LogP contribution in [0.1, 0.15) is 39.5 Å². The molecule has 0 bridgehead atoms. The fourth-order valence-electron chi connectivity index (χ4n) is 0.919. The number of rotatable bonds is 7. The minimum absolute atomic E-state index is 0.0412. The van der Waals surface area contributed by atoms with Crippen LogP contribution in [0.4, 0.5) is 0 Å². The molecule has 0 aliphatic carbocycles. The molecule has 0 aliphatic heterocycles. The van der Waals surface area contributed by atoms with E-state index >= 15 is 0 Å². The maximum atomic E-state index is 11.3. The van der Waals surface area contributed by atoms with Gasteiger partial charge in [-0.15, -0.1) is 0 Å². The highest BCUT2D eigenvalue weighted by atomic mass is 16.5. The summed E-state index contributed by atoms with van der Waals surface area (Å²) in [6, 6.07) is 0. The molecule has 0 atom stereocenters. The van der Waals surface area contributed by atoms with Gasteiger partial charge in [-0.25, -0.2) is 4.79 Å². The lowest BCUT2D eigenvalue weighted by Crippen LogP contribution is -2.07. The second-order valence-electron chi connectivity index (χ2n) is 3.31. The first-order valence-corrected chi connectivity index (χ1v) is 5.13. The lowest BCUT2D eigenvalue weighted by atomic mass is 10.2. The van der Waals surface area contributed by atoms with Crippen LogP contribution in [0.15, 0.2) is 11.6 Å². The van der Waals surface area contributed by atoms with E-state index in [2.05, 4.69) is 0 Å². The quantitative estimate of drug-likeness (QED) is 0.400. The first-order chi connectivity index (χ1) is 7.07. The van der Waals surface area contributed by atoms with Crippen molar-refractivity contribution in [3.05, 3.63) is 11.6 Å². The molecule has 0 unspecified atom stereocenters. The molecule has 4 heteroatoms. The maximum Gasteiger partial charge on any atom is 0.333 e. The van der Waals surface area contributed by atoms with Crippen LogP contribution < -0.4 is 0 Å². The molecule has 0 radical (unpaired) electrons. The van der Waals surface area contributed by atoms with Gasteiger partial charge in [-0.3, -0.25) is 4.79 Å². The van der Waals surface area contributed by atoms with Crippen molar-refractivity contribution in [1.29, 1.82) is 0 Å². The molecule has 0 saturated carbocycles. The van der Waals surface area contributed by atoms with Crippen molar-refractivity contribution in [2.45, 2.75) is 39.5 Å². The van der Waals surface area contributed by atoms with Crippen LogP contribution in [0, 0.1) is 0 Å². The predicted octanol–water partition coefficient (Wildman–Crippen LogP) is 2.14. The number of unbranched alkanes of at least 4 members (excludes halogenated alkanes) is 1. The van der Waals surface area contributed by atoms with Crippen LogP contribution in [-0.2, 0) is 14.3 Å². The Kier molecular flexibility index (Phi) is 7.32. The van der Waals surface area contributed by atoms with E-state index in [1.54, 1.807) is 13.0 Å². The van der Waals surface area contributed by atoms with E-state index in [9.17, 15) is 9.59 Å². The van der Waals surface area contributed by atoms with E-state index in [0.717, 1.165) is 12.8 Å². The van der Waals surface area contributed by atoms with Crippen LogP contribution in [0.5, 0.6) is 0 Å². The van der Waals surface area contributed by atoms with E-state index in [0.29, 0.717) is 18.6 Å². The number of carbonyl (C=O) groups is 2. The van der Waals surface area contributed by atoms with Gasteiger partial charge < -0.3 is 9.84 Å². The molecule has 0 aliphatic rings. The summed E-state index contributed by atoms with van der Waals surface area (Å²) < 4.78 is 4.95. The normalized spacial score (nSPS) is 11.2. The number of hydrogen-bond donors (Lipinski definition) is 1. The van der Waals surface area contributed by atoms with Gasteiger partial charge in [-0.2, -0.15) is 0 Å². The number of aliphatic carboxylic acids is 1. The van der Waals surface area contributed by atoms with Crippen molar-refractivity contribution in [2.24, 2.45) is 0 Å². The molecule has 0 heterocycles. The summed E-state index contributed by atoms with van der Waals surface area (Å²) in [7, 11) is 0. The molecule has 4 nitrogen and oxygen atoms in total. The Labute approximate surface area is 89.9 Å². The molecule has 0 saturated heterocycles. The maximum absolute atomic E-state index is 11.3. The summed E-state index contributed by atoms with van der Waals surface area (Å²) in [6.07, 6.45) is 3.84. The number of allylic oxidation sites excluding steroid dienone is 1. The molecule has 86 valence electrons. The van der Waals surface area contributed by atoms with Crippen molar-refractivity contribution < 1.29 is 19.4 Å². The zero-order chi connectivity index (χ0) is 11.7. The molecule has 0 aromatic rings. The SMILES string of the molecule is CCCCOC(=O)C(C)=CCCC(=O)O. The zero-order valence-corrected chi connectivity index (χ0v) is 9.28. The number of hydrogen-bond acceptors (Lipinski definition) is 3. The highest BCUT2D eigenvalue weighted by Gasteiger charge is 2.04. The summed E-state index contributed by atoms with van der Waals surface area (Å²) in [4.78, 5) is 21.5. The van der Waals surface area contributed by atoms with E-state index < -0.39 is 5.97 Å². The second kappa shape index (κ2) is 8.03. The highest BCUT2D eigenvalue weighted by Crippen LogP contribution is 2.02. The minimum Gasteiger partial charge on any atom is -0.481 e. The van der Waals surface area contributed by atoms with Gasteiger partial charge in [0.15, 0.2) is 0 Å². The largest absolute Gasteiger partial charge is 0.481 e. The molecule has 0 aromatic carbocycles. The number of carbonyl (C=O) groups excluding carboxylic acids is 1. The summed E-state index contributed by atoms with van der Waals surface area (Å²) in [5.41, 5.74) is 0.479. The summed E-state index contributed by atoms with van der Waals surface area (Å²) in [5, 5.41) is 8.39. The Morgan fingerprint density at radius 2 is 2.07 bits per heavy atom. The summed E-state index contributed by atoms with van der Waals surface area (Å²) >= 11 is 0. The van der Waals surface area contributed by atoms with Crippen LogP contribution in [0.25, 0.3) is 0 Å². The van der Waals surface area contributed by atoms with Gasteiger partial charge in [0.2, 0.25) is 0 Å². The molecule has 15 heavy (non-hydrogen) atoms. The Hall–Kier alpha value is -1.32. The lowest BCUT2D eigenvalue weighted by Gasteiger charge is -2.03. The number of carboxylic acids is 1. The lowest BCUT2D eigenvalue weighted by molar-refractivity contribution is -0.139. The van der Waals surface area contributed by atoms with Gasteiger partial charge in [-0.1, -0.05) is 19.4 Å². The predicted molar refractivity (Wildman–Crippen MR) is 56.5 cm³/mol. The third-order valence-corrected chi connectivity index (χ3v) is 1.86. The van der Waals surface area contributed by atoms with E-state index in [1.807, 2.05) is 6.92 Å². The van der Waals surface area contributed by atoms with E-state index in [1.165, 1.54) is 0 Å². The van der Waals surface area contributed by atoms with Gasteiger partial charge >= 0.3 is 11.9 Å². The molecular weight excluding hydrogens is 196 g/mol. The molecule has 0 rings (SSSR count). The monoisotopic (exact) mass is 214 g/mol. The molecule has 0 spiro atoms. The van der Waals surface area contributed by atoms with Gasteiger partial charge in [0.25, 0.3) is 0 Å². The molecule has 0 amide bonds. The first-order valence-electron chi connectivity index (χ1n) is 5.13. The minimum atomic E-state index is -0.863. The smallest absolute Gasteiger partial charge is 0.333 e. The second-order valence-corrected chi connectivity index (χ2v) is 3.31. The first kappa shape index (κ1) is 13.7. The van der Waals surface area contributed by atoms with Gasteiger partial charge in [0.1, 0.15) is 0 Å². The van der Waals surface area contributed by atoms with E-state index in [4.69, 9.17) is 9.84 Å². The Bertz CT molecular complexity index is 243. The Balaban J connectivity index is 3.80. The molecule has 0 fully saturated rings. The van der Waals surface area contributed by atoms with Gasteiger partial charge in [0, 0.05) is 12.0 Å². The average molecular weight is 214 g/mol. The van der Waals surface area contributed by atoms with Crippen LogP contribution >= 0.6 is 0 Å².